The van der Waals surface area contributed by atoms with Gasteiger partial charge >= 0.3 is 11.9 Å². The van der Waals surface area contributed by atoms with Gasteiger partial charge in [0.2, 0.25) is 5.91 Å². The number of carbonyl (C=O) groups is 3. The quantitative estimate of drug-likeness (QED) is 0.693. The largest absolute Gasteiger partial charge is 0.481 e. The maximum atomic E-state index is 11.4. The molecule has 6 heteroatoms. The molecule has 3 N–H and O–H groups in total. The van der Waals surface area contributed by atoms with Crippen molar-refractivity contribution in [3.63, 3.8) is 0 Å². The first-order chi connectivity index (χ1) is 8.50. The summed E-state index contributed by atoms with van der Waals surface area (Å²) in [5.74, 6) is -2.89. The van der Waals surface area contributed by atoms with Crippen molar-refractivity contribution in [1.29, 1.82) is 0 Å². The number of aliphatic carboxylic acids is 2. The maximum Gasteiger partial charge on any atom is 0.330 e. The van der Waals surface area contributed by atoms with Crippen LogP contribution in [0.25, 0.3) is 0 Å². The van der Waals surface area contributed by atoms with E-state index in [1.807, 2.05) is 0 Å². The van der Waals surface area contributed by atoms with Gasteiger partial charge in [0, 0.05) is 6.42 Å². The third kappa shape index (κ3) is 4.25. The third-order valence-corrected chi connectivity index (χ3v) is 2.25. The lowest BCUT2D eigenvalue weighted by atomic mass is 10.1. The zero-order chi connectivity index (χ0) is 13.5. The van der Waals surface area contributed by atoms with E-state index in [1.165, 1.54) is 0 Å². The first-order valence-corrected chi connectivity index (χ1v) is 5.29. The lowest BCUT2D eigenvalue weighted by Gasteiger charge is -2.14. The van der Waals surface area contributed by atoms with Crippen LogP contribution in [0.2, 0.25) is 0 Å². The fraction of sp³-hybridized carbons (Fsp3) is 0.250. The molecule has 0 aliphatic heterocycles. The maximum absolute atomic E-state index is 11.4. The van der Waals surface area contributed by atoms with Gasteiger partial charge in [-0.25, -0.2) is 4.79 Å². The first kappa shape index (κ1) is 13.7. The van der Waals surface area contributed by atoms with Crippen LogP contribution in [-0.4, -0.2) is 28.1 Å². The molecule has 0 heterocycles. The molecule has 1 atom stereocenters. The number of hydrogen-bond acceptors (Lipinski definition) is 3. The number of hydrogen-bond donors (Lipinski definition) is 3. The highest BCUT2D eigenvalue weighted by atomic mass is 16.4. The molecular formula is C12H13NO5. The second kappa shape index (κ2) is 6.39. The van der Waals surface area contributed by atoms with E-state index in [1.54, 1.807) is 30.3 Å². The van der Waals surface area contributed by atoms with Crippen molar-refractivity contribution in [2.24, 2.45) is 0 Å². The standard InChI is InChI=1S/C12H13NO5/c14-9(6-7-10(15)16)13-11(12(17)18)8-4-2-1-3-5-8/h1-5,11H,6-7H2,(H,13,14)(H,15,16)(H,17,18)/t11-/m0/s1. The average Bonchev–Trinajstić information content (AvgIpc) is 2.34. The Bertz CT molecular complexity index is 443. The first-order valence-electron chi connectivity index (χ1n) is 5.29. The predicted octanol–water partition coefficient (Wildman–Crippen LogP) is 0.793. The molecule has 1 rings (SSSR count). The molecule has 0 saturated carbocycles. The monoisotopic (exact) mass is 251 g/mol. The van der Waals surface area contributed by atoms with Crippen molar-refractivity contribution in [1.82, 2.24) is 5.32 Å². The molecule has 0 spiro atoms. The molecule has 0 saturated heterocycles. The number of amides is 1. The minimum absolute atomic E-state index is 0.244. The predicted molar refractivity (Wildman–Crippen MR) is 61.8 cm³/mol. The molecule has 96 valence electrons. The van der Waals surface area contributed by atoms with Crippen molar-refractivity contribution in [3.8, 4) is 0 Å². The van der Waals surface area contributed by atoms with Crippen LogP contribution in [0.1, 0.15) is 24.4 Å². The summed E-state index contributed by atoms with van der Waals surface area (Å²) in [6.07, 6.45) is -0.571. The van der Waals surface area contributed by atoms with Gasteiger partial charge in [-0.05, 0) is 5.56 Å². The molecule has 0 aliphatic carbocycles. The number of carbonyl (C=O) groups excluding carboxylic acids is 1. The molecule has 1 aromatic rings. The minimum atomic E-state index is -1.19. The van der Waals surface area contributed by atoms with Gasteiger partial charge in [-0.15, -0.1) is 0 Å². The summed E-state index contributed by atoms with van der Waals surface area (Å²) < 4.78 is 0. The smallest absolute Gasteiger partial charge is 0.330 e. The van der Waals surface area contributed by atoms with Gasteiger partial charge in [-0.3, -0.25) is 9.59 Å². The summed E-state index contributed by atoms with van der Waals surface area (Å²) in [5.41, 5.74) is 0.439. The molecule has 1 aromatic carbocycles. The molecule has 18 heavy (non-hydrogen) atoms. The van der Waals surface area contributed by atoms with E-state index in [-0.39, 0.29) is 12.8 Å². The Morgan fingerprint density at radius 1 is 1.06 bits per heavy atom. The van der Waals surface area contributed by atoms with Gasteiger partial charge in [0.15, 0.2) is 6.04 Å². The second-order valence-corrected chi connectivity index (χ2v) is 3.64. The van der Waals surface area contributed by atoms with Gasteiger partial charge in [0.25, 0.3) is 0 Å². The highest BCUT2D eigenvalue weighted by Gasteiger charge is 2.21. The Hall–Kier alpha value is -2.37. The van der Waals surface area contributed by atoms with Crippen molar-refractivity contribution < 1.29 is 24.6 Å². The minimum Gasteiger partial charge on any atom is -0.481 e. The van der Waals surface area contributed by atoms with Crippen LogP contribution in [0.15, 0.2) is 30.3 Å². The Morgan fingerprint density at radius 3 is 2.17 bits per heavy atom. The van der Waals surface area contributed by atoms with Gasteiger partial charge in [-0.2, -0.15) is 0 Å². The zero-order valence-electron chi connectivity index (χ0n) is 9.50. The van der Waals surface area contributed by atoms with E-state index in [0.29, 0.717) is 5.56 Å². The molecule has 0 aliphatic rings. The fourth-order valence-corrected chi connectivity index (χ4v) is 1.39. The van der Waals surface area contributed by atoms with Crippen LogP contribution < -0.4 is 5.32 Å². The van der Waals surface area contributed by atoms with Crippen LogP contribution in [0.3, 0.4) is 0 Å². The van der Waals surface area contributed by atoms with Crippen LogP contribution in [0.5, 0.6) is 0 Å². The summed E-state index contributed by atoms with van der Waals surface area (Å²) in [5, 5.41) is 19.7. The van der Waals surface area contributed by atoms with Crippen LogP contribution in [0, 0.1) is 0 Å². The number of nitrogens with one attached hydrogen (secondary N) is 1. The van der Waals surface area contributed by atoms with Gasteiger partial charge in [-0.1, -0.05) is 30.3 Å². The summed E-state index contributed by atoms with van der Waals surface area (Å²) in [4.78, 5) is 32.7. The summed E-state index contributed by atoms with van der Waals surface area (Å²) in [7, 11) is 0. The summed E-state index contributed by atoms with van der Waals surface area (Å²) in [6, 6.07) is 7.05. The van der Waals surface area contributed by atoms with Crippen LogP contribution >= 0.6 is 0 Å². The highest BCUT2D eigenvalue weighted by Crippen LogP contribution is 2.12. The van der Waals surface area contributed by atoms with Crippen molar-refractivity contribution in [3.05, 3.63) is 35.9 Å². The summed E-state index contributed by atoms with van der Waals surface area (Å²) in [6.45, 7) is 0. The molecule has 0 bridgehead atoms. The van der Waals surface area contributed by atoms with Gasteiger partial charge in [0.1, 0.15) is 0 Å². The fourth-order valence-electron chi connectivity index (χ4n) is 1.39. The van der Waals surface area contributed by atoms with E-state index in [2.05, 4.69) is 5.32 Å². The van der Waals surface area contributed by atoms with E-state index in [9.17, 15) is 14.4 Å². The molecule has 0 radical (unpaired) electrons. The van der Waals surface area contributed by atoms with Crippen molar-refractivity contribution in [2.75, 3.05) is 0 Å². The SMILES string of the molecule is O=C(O)CCC(=O)N[C@H](C(=O)O)c1ccccc1. The van der Waals surface area contributed by atoms with Gasteiger partial charge < -0.3 is 15.5 Å². The average molecular weight is 251 g/mol. The van der Waals surface area contributed by atoms with E-state index >= 15 is 0 Å². The number of carboxylic acids is 2. The third-order valence-electron chi connectivity index (χ3n) is 2.25. The van der Waals surface area contributed by atoms with Crippen LogP contribution in [-0.2, 0) is 14.4 Å². The van der Waals surface area contributed by atoms with E-state index in [4.69, 9.17) is 10.2 Å². The van der Waals surface area contributed by atoms with Gasteiger partial charge in [0.05, 0.1) is 6.42 Å². The molecule has 1 amide bonds. The Morgan fingerprint density at radius 2 is 1.67 bits per heavy atom. The lowest BCUT2D eigenvalue weighted by Crippen LogP contribution is -2.33. The Labute approximate surface area is 103 Å². The zero-order valence-corrected chi connectivity index (χ0v) is 9.50. The number of benzene rings is 1. The number of rotatable bonds is 6. The van der Waals surface area contributed by atoms with Crippen LogP contribution in [0.4, 0.5) is 0 Å². The lowest BCUT2D eigenvalue weighted by molar-refractivity contribution is -0.142. The summed E-state index contributed by atoms with van der Waals surface area (Å²) >= 11 is 0. The Balaban J connectivity index is 2.67. The molecular weight excluding hydrogens is 238 g/mol. The Kier molecular flexibility index (Phi) is 4.86. The number of carboxylic acid groups (broad SMARTS) is 2. The topological polar surface area (TPSA) is 104 Å². The molecule has 0 unspecified atom stereocenters. The molecule has 6 nitrogen and oxygen atoms in total. The van der Waals surface area contributed by atoms with E-state index < -0.39 is 23.9 Å². The molecule has 0 fully saturated rings. The highest BCUT2D eigenvalue weighted by molar-refractivity contribution is 5.86. The van der Waals surface area contributed by atoms with E-state index in [0.717, 1.165) is 0 Å². The molecule has 0 aromatic heterocycles. The van der Waals surface area contributed by atoms with Crippen molar-refractivity contribution >= 4 is 17.8 Å². The normalized spacial score (nSPS) is 11.6. The van der Waals surface area contributed by atoms with Crippen molar-refractivity contribution in [2.45, 2.75) is 18.9 Å². The second-order valence-electron chi connectivity index (χ2n) is 3.64.